The first-order valence-corrected chi connectivity index (χ1v) is 3.77. The Morgan fingerprint density at radius 2 is 1.89 bits per heavy atom. The van der Waals surface area contributed by atoms with Crippen molar-refractivity contribution in [2.45, 2.75) is 26.1 Å². The quantitative estimate of drug-likeness (QED) is 0.576. The lowest BCUT2D eigenvalue weighted by atomic mass is 10.5. The maximum absolute atomic E-state index is 5.50. The van der Waals surface area contributed by atoms with Gasteiger partial charge in [0.2, 0.25) is 0 Å². The second kappa shape index (κ2) is 3.80. The summed E-state index contributed by atoms with van der Waals surface area (Å²) in [7, 11) is 0. The number of hydrogen-bond donors (Lipinski definition) is 2. The maximum atomic E-state index is 5.50. The molecule has 1 unspecified atom stereocenters. The predicted molar refractivity (Wildman–Crippen MR) is 43.8 cm³/mol. The highest BCUT2D eigenvalue weighted by Gasteiger charge is 1.96. The summed E-state index contributed by atoms with van der Waals surface area (Å²) in [5.74, 6) is 0. The third-order valence-electron chi connectivity index (χ3n) is 0.918. The van der Waals surface area contributed by atoms with Gasteiger partial charge in [0.05, 0.1) is 5.37 Å². The maximum Gasteiger partial charge on any atom is 0.0523 e. The van der Waals surface area contributed by atoms with Crippen LogP contribution in [0.3, 0.4) is 0 Å². The van der Waals surface area contributed by atoms with E-state index in [0.717, 1.165) is 10.6 Å². The molecule has 1 atom stereocenters. The van der Waals surface area contributed by atoms with Crippen molar-refractivity contribution >= 4 is 11.8 Å². The van der Waals surface area contributed by atoms with E-state index in [0.29, 0.717) is 0 Å². The highest BCUT2D eigenvalue weighted by atomic mass is 32.2. The second-order valence-corrected chi connectivity index (χ2v) is 3.65. The van der Waals surface area contributed by atoms with Gasteiger partial charge in [-0.25, -0.2) is 0 Å². The minimum atomic E-state index is 0.142. The summed E-state index contributed by atoms with van der Waals surface area (Å²) in [5.41, 5.74) is 11.9. The van der Waals surface area contributed by atoms with Crippen LogP contribution in [0.15, 0.2) is 10.6 Å². The summed E-state index contributed by atoms with van der Waals surface area (Å²) in [4.78, 5) is 1.12. The minimum Gasteiger partial charge on any atom is -0.402 e. The van der Waals surface area contributed by atoms with Crippen molar-refractivity contribution in [2.24, 2.45) is 11.5 Å². The summed E-state index contributed by atoms with van der Waals surface area (Å²) in [5, 5.41) is 0.142. The van der Waals surface area contributed by atoms with Crippen LogP contribution in [0.2, 0.25) is 0 Å². The van der Waals surface area contributed by atoms with Crippen LogP contribution in [0.5, 0.6) is 0 Å². The standard InChI is InChI=1S/C6H14N2S/c1-4(7)5(2)9-6(3)8/h6H,7-8H2,1-3H3/b5-4-. The molecule has 0 amide bonds. The van der Waals surface area contributed by atoms with Gasteiger partial charge >= 0.3 is 0 Å². The van der Waals surface area contributed by atoms with E-state index in [4.69, 9.17) is 11.5 Å². The van der Waals surface area contributed by atoms with Gasteiger partial charge in [-0.15, -0.1) is 11.8 Å². The Hall–Kier alpha value is -0.150. The molecule has 0 aromatic carbocycles. The summed E-state index contributed by atoms with van der Waals surface area (Å²) in [6.07, 6.45) is 0. The van der Waals surface area contributed by atoms with Crippen molar-refractivity contribution < 1.29 is 0 Å². The molecule has 0 bridgehead atoms. The molecular formula is C6H14N2S. The zero-order chi connectivity index (χ0) is 7.44. The molecule has 0 aromatic rings. The molecule has 54 valence electrons. The van der Waals surface area contributed by atoms with Gasteiger partial charge in [-0.1, -0.05) is 0 Å². The third-order valence-corrected chi connectivity index (χ3v) is 1.97. The molecule has 4 N–H and O–H groups in total. The second-order valence-electron chi connectivity index (χ2n) is 2.06. The average molecular weight is 146 g/mol. The molecule has 0 saturated heterocycles. The first-order valence-electron chi connectivity index (χ1n) is 2.89. The molecule has 2 nitrogen and oxygen atoms in total. The van der Waals surface area contributed by atoms with Gasteiger partial charge in [0.15, 0.2) is 0 Å². The molecule has 0 radical (unpaired) electrons. The molecule has 9 heavy (non-hydrogen) atoms. The molecule has 0 spiro atoms. The van der Waals surface area contributed by atoms with Crippen molar-refractivity contribution in [3.05, 3.63) is 10.6 Å². The fourth-order valence-electron chi connectivity index (χ4n) is 0.372. The van der Waals surface area contributed by atoms with E-state index in [1.807, 2.05) is 20.8 Å². The highest BCUT2D eigenvalue weighted by Crippen LogP contribution is 2.18. The Morgan fingerprint density at radius 1 is 1.44 bits per heavy atom. The smallest absolute Gasteiger partial charge is 0.0523 e. The number of nitrogens with two attached hydrogens (primary N) is 2. The van der Waals surface area contributed by atoms with Crippen LogP contribution in [0.4, 0.5) is 0 Å². The van der Waals surface area contributed by atoms with Crippen molar-refractivity contribution in [3.63, 3.8) is 0 Å². The van der Waals surface area contributed by atoms with Gasteiger partial charge in [0.25, 0.3) is 0 Å². The molecule has 3 heteroatoms. The van der Waals surface area contributed by atoms with Crippen LogP contribution in [-0.4, -0.2) is 5.37 Å². The summed E-state index contributed by atoms with van der Waals surface area (Å²) in [6.45, 7) is 5.80. The van der Waals surface area contributed by atoms with Crippen LogP contribution >= 0.6 is 11.8 Å². The lowest BCUT2D eigenvalue weighted by Gasteiger charge is -2.05. The number of thioether (sulfide) groups is 1. The molecular weight excluding hydrogens is 132 g/mol. The molecule has 0 aliphatic heterocycles. The zero-order valence-electron chi connectivity index (χ0n) is 6.14. The normalized spacial score (nSPS) is 16.9. The van der Waals surface area contributed by atoms with Crippen LogP contribution in [-0.2, 0) is 0 Å². The first-order chi connectivity index (χ1) is 4.04. The van der Waals surface area contributed by atoms with Gasteiger partial charge in [0, 0.05) is 10.6 Å². The lowest BCUT2D eigenvalue weighted by Crippen LogP contribution is -2.10. The highest BCUT2D eigenvalue weighted by molar-refractivity contribution is 8.03. The van der Waals surface area contributed by atoms with Crippen LogP contribution < -0.4 is 11.5 Å². The molecule has 0 heterocycles. The zero-order valence-corrected chi connectivity index (χ0v) is 6.96. The number of allylic oxidation sites excluding steroid dienone is 2. The van der Waals surface area contributed by atoms with Gasteiger partial charge in [0.1, 0.15) is 0 Å². The lowest BCUT2D eigenvalue weighted by molar-refractivity contribution is 1.05. The molecule has 0 saturated carbocycles. The van der Waals surface area contributed by atoms with E-state index in [-0.39, 0.29) is 5.37 Å². The van der Waals surface area contributed by atoms with Gasteiger partial charge in [-0.05, 0) is 20.8 Å². The topological polar surface area (TPSA) is 52.0 Å². The van der Waals surface area contributed by atoms with E-state index in [9.17, 15) is 0 Å². The Kier molecular flexibility index (Phi) is 3.73. The summed E-state index contributed by atoms with van der Waals surface area (Å²) >= 11 is 1.59. The van der Waals surface area contributed by atoms with E-state index in [1.54, 1.807) is 11.8 Å². The fraction of sp³-hybridized carbons (Fsp3) is 0.667. The van der Waals surface area contributed by atoms with Crippen molar-refractivity contribution in [2.75, 3.05) is 0 Å². The Bertz CT molecular complexity index is 114. The van der Waals surface area contributed by atoms with E-state index >= 15 is 0 Å². The number of hydrogen-bond acceptors (Lipinski definition) is 3. The number of rotatable bonds is 2. The molecule has 0 aliphatic rings. The molecule has 0 rings (SSSR count). The van der Waals surface area contributed by atoms with Crippen molar-refractivity contribution in [1.82, 2.24) is 0 Å². The Morgan fingerprint density at radius 3 is 2.00 bits per heavy atom. The van der Waals surface area contributed by atoms with Crippen molar-refractivity contribution in [3.8, 4) is 0 Å². The van der Waals surface area contributed by atoms with Gasteiger partial charge in [-0.3, -0.25) is 0 Å². The monoisotopic (exact) mass is 146 g/mol. The van der Waals surface area contributed by atoms with E-state index in [1.165, 1.54) is 0 Å². The minimum absolute atomic E-state index is 0.142. The summed E-state index contributed by atoms with van der Waals surface area (Å²) in [6, 6.07) is 0. The third kappa shape index (κ3) is 4.36. The van der Waals surface area contributed by atoms with E-state index in [2.05, 4.69) is 0 Å². The fourth-order valence-corrected chi connectivity index (χ4v) is 1.12. The Balaban J connectivity index is 3.77. The van der Waals surface area contributed by atoms with E-state index < -0.39 is 0 Å². The van der Waals surface area contributed by atoms with Crippen LogP contribution in [0, 0.1) is 0 Å². The van der Waals surface area contributed by atoms with Gasteiger partial charge in [-0.2, -0.15) is 0 Å². The van der Waals surface area contributed by atoms with Crippen LogP contribution in [0.1, 0.15) is 20.8 Å². The SMILES string of the molecule is C/C(N)=C(\C)SC(C)N. The largest absolute Gasteiger partial charge is 0.402 e. The molecule has 0 aliphatic carbocycles. The Labute approximate surface area is 60.7 Å². The summed E-state index contributed by atoms with van der Waals surface area (Å²) < 4.78 is 0. The van der Waals surface area contributed by atoms with Crippen LogP contribution in [0.25, 0.3) is 0 Å². The molecule has 0 aromatic heterocycles. The molecule has 0 fully saturated rings. The first kappa shape index (κ1) is 8.85. The van der Waals surface area contributed by atoms with Gasteiger partial charge < -0.3 is 11.5 Å². The van der Waals surface area contributed by atoms with Crippen molar-refractivity contribution in [1.29, 1.82) is 0 Å². The predicted octanol–water partition coefficient (Wildman–Crippen LogP) is 1.23. The average Bonchev–Trinajstić information content (AvgIpc) is 1.63.